The largest absolute Gasteiger partial charge is 0.368 e. The average Bonchev–Trinajstić information content (AvgIpc) is 3.11. The maximum absolute atomic E-state index is 12.7. The number of para-hydroxylation sites is 1. The molecule has 7 heteroatoms. The number of benzene rings is 1. The van der Waals surface area contributed by atoms with Crippen molar-refractivity contribution in [1.82, 2.24) is 14.3 Å². The third kappa shape index (κ3) is 2.28. The van der Waals surface area contributed by atoms with E-state index in [4.69, 9.17) is 4.74 Å². The number of carbonyl (C=O) groups is 1. The van der Waals surface area contributed by atoms with Gasteiger partial charge in [0.25, 0.3) is 0 Å². The van der Waals surface area contributed by atoms with Gasteiger partial charge in [-0.25, -0.2) is 9.48 Å². The highest BCUT2D eigenvalue weighted by molar-refractivity contribution is 5.95. The molecule has 2 aromatic rings. The second-order valence-electron chi connectivity index (χ2n) is 5.90. The Morgan fingerprint density at radius 2 is 2.17 bits per heavy atom. The van der Waals surface area contributed by atoms with Gasteiger partial charge >= 0.3 is 5.69 Å². The number of nitrogens with zero attached hydrogens (tertiary/aromatic N) is 4. The normalized spacial score (nSPS) is 19.5. The molecular weight excluding hydrogens is 296 g/mol. The number of hydrogen-bond acceptors (Lipinski definition) is 4. The highest BCUT2D eigenvalue weighted by atomic mass is 16.5. The van der Waals surface area contributed by atoms with Crippen molar-refractivity contribution in [2.75, 3.05) is 18.1 Å². The fraction of sp³-hybridized carbons (Fsp3) is 0.438. The number of carbonyl (C=O) groups excluding carboxylic acids is 1. The maximum Gasteiger partial charge on any atom is 0.345 e. The Morgan fingerprint density at radius 3 is 3.04 bits per heavy atom. The smallest absolute Gasteiger partial charge is 0.345 e. The molecule has 1 aromatic carbocycles. The van der Waals surface area contributed by atoms with Gasteiger partial charge in [-0.2, -0.15) is 5.10 Å². The van der Waals surface area contributed by atoms with Crippen molar-refractivity contribution in [3.8, 4) is 0 Å². The lowest BCUT2D eigenvalue weighted by Crippen LogP contribution is -2.34. The molecule has 0 fully saturated rings. The van der Waals surface area contributed by atoms with Gasteiger partial charge in [0.1, 0.15) is 6.10 Å². The number of anilines is 1. The molecule has 7 nitrogen and oxygen atoms in total. The fourth-order valence-electron chi connectivity index (χ4n) is 3.35. The lowest BCUT2D eigenvalue weighted by atomic mass is 10.1. The molecule has 2 aliphatic heterocycles. The first kappa shape index (κ1) is 14.2. The number of amides is 1. The third-order valence-corrected chi connectivity index (χ3v) is 4.51. The molecule has 4 rings (SSSR count). The standard InChI is InChI=1S/C16H18N4O3/c1-18-16(22)20-8-9-23-13(15(20)17-18)10-14(21)19-7-6-11-4-2-3-5-12(11)19/h2-5,13H,6-10H2,1H3. The summed E-state index contributed by atoms with van der Waals surface area (Å²) < 4.78 is 8.60. The van der Waals surface area contributed by atoms with E-state index in [0.29, 0.717) is 25.5 Å². The molecule has 0 saturated carbocycles. The van der Waals surface area contributed by atoms with Crippen LogP contribution in [-0.4, -0.2) is 33.4 Å². The third-order valence-electron chi connectivity index (χ3n) is 4.51. The number of rotatable bonds is 2. The lowest BCUT2D eigenvalue weighted by molar-refractivity contribution is -0.122. The highest BCUT2D eigenvalue weighted by Crippen LogP contribution is 2.30. The van der Waals surface area contributed by atoms with E-state index in [1.165, 1.54) is 10.2 Å². The van der Waals surface area contributed by atoms with Gasteiger partial charge in [0.2, 0.25) is 5.91 Å². The van der Waals surface area contributed by atoms with Crippen LogP contribution in [0.15, 0.2) is 29.1 Å². The molecule has 23 heavy (non-hydrogen) atoms. The van der Waals surface area contributed by atoms with E-state index in [0.717, 1.165) is 12.1 Å². The minimum atomic E-state index is -0.460. The van der Waals surface area contributed by atoms with Crippen molar-refractivity contribution < 1.29 is 9.53 Å². The zero-order chi connectivity index (χ0) is 16.0. The first-order valence-electron chi connectivity index (χ1n) is 7.79. The molecule has 1 amide bonds. The zero-order valence-electron chi connectivity index (χ0n) is 12.9. The van der Waals surface area contributed by atoms with Crippen LogP contribution in [0, 0.1) is 0 Å². The van der Waals surface area contributed by atoms with Crippen LogP contribution in [0.2, 0.25) is 0 Å². The summed E-state index contributed by atoms with van der Waals surface area (Å²) in [5.74, 6) is 0.552. The summed E-state index contributed by atoms with van der Waals surface area (Å²) in [5.41, 5.74) is 2.01. The molecule has 1 atom stereocenters. The summed E-state index contributed by atoms with van der Waals surface area (Å²) >= 11 is 0. The Hall–Kier alpha value is -2.41. The van der Waals surface area contributed by atoms with Crippen LogP contribution >= 0.6 is 0 Å². The molecule has 0 bridgehead atoms. The van der Waals surface area contributed by atoms with Crippen LogP contribution in [0.4, 0.5) is 5.69 Å². The molecule has 0 N–H and O–H groups in total. The van der Waals surface area contributed by atoms with Crippen molar-refractivity contribution in [2.24, 2.45) is 7.05 Å². The summed E-state index contributed by atoms with van der Waals surface area (Å²) in [7, 11) is 1.61. The second-order valence-corrected chi connectivity index (χ2v) is 5.90. The van der Waals surface area contributed by atoms with Gasteiger partial charge in [-0.3, -0.25) is 9.36 Å². The molecule has 0 radical (unpaired) electrons. The van der Waals surface area contributed by atoms with Crippen LogP contribution in [0.25, 0.3) is 0 Å². The Labute approximate surface area is 133 Å². The fourth-order valence-corrected chi connectivity index (χ4v) is 3.35. The van der Waals surface area contributed by atoms with E-state index in [-0.39, 0.29) is 18.0 Å². The molecule has 0 aliphatic carbocycles. The topological polar surface area (TPSA) is 69.4 Å². The summed E-state index contributed by atoms with van der Waals surface area (Å²) in [5, 5.41) is 4.23. The van der Waals surface area contributed by atoms with Gasteiger partial charge in [0, 0.05) is 19.3 Å². The summed E-state index contributed by atoms with van der Waals surface area (Å²) in [6, 6.07) is 7.95. The number of aryl methyl sites for hydroxylation is 1. The van der Waals surface area contributed by atoms with Crippen molar-refractivity contribution >= 4 is 11.6 Å². The second kappa shape index (κ2) is 5.34. The van der Waals surface area contributed by atoms with Crippen molar-refractivity contribution in [3.63, 3.8) is 0 Å². The molecular formula is C16H18N4O3. The van der Waals surface area contributed by atoms with Gasteiger partial charge < -0.3 is 9.64 Å². The monoisotopic (exact) mass is 314 g/mol. The Morgan fingerprint density at radius 1 is 1.35 bits per heavy atom. The Kier molecular flexibility index (Phi) is 3.30. The zero-order valence-corrected chi connectivity index (χ0v) is 12.9. The summed E-state index contributed by atoms with van der Waals surface area (Å²) in [6.07, 6.45) is 0.616. The van der Waals surface area contributed by atoms with Crippen molar-refractivity contribution in [1.29, 1.82) is 0 Å². The molecule has 3 heterocycles. The van der Waals surface area contributed by atoms with Gasteiger partial charge in [0.05, 0.1) is 19.6 Å². The molecule has 1 aromatic heterocycles. The number of fused-ring (bicyclic) bond motifs is 2. The molecule has 120 valence electrons. The quantitative estimate of drug-likeness (QED) is 0.815. The van der Waals surface area contributed by atoms with Crippen LogP contribution in [-0.2, 0) is 29.5 Å². The molecule has 1 unspecified atom stereocenters. The van der Waals surface area contributed by atoms with Crippen LogP contribution < -0.4 is 10.6 Å². The first-order chi connectivity index (χ1) is 11.1. The Bertz CT molecular complexity index is 823. The van der Waals surface area contributed by atoms with E-state index in [9.17, 15) is 9.59 Å². The van der Waals surface area contributed by atoms with E-state index >= 15 is 0 Å². The van der Waals surface area contributed by atoms with Gasteiger partial charge in [-0.15, -0.1) is 0 Å². The predicted molar refractivity (Wildman–Crippen MR) is 83.3 cm³/mol. The van der Waals surface area contributed by atoms with E-state index in [1.807, 2.05) is 18.2 Å². The minimum absolute atomic E-state index is 0.00602. The average molecular weight is 314 g/mol. The lowest BCUT2D eigenvalue weighted by Gasteiger charge is -2.25. The van der Waals surface area contributed by atoms with E-state index in [2.05, 4.69) is 11.2 Å². The molecule has 0 spiro atoms. The number of hydrogen-bond donors (Lipinski definition) is 0. The first-order valence-corrected chi connectivity index (χ1v) is 7.79. The van der Waals surface area contributed by atoms with Gasteiger partial charge in [-0.05, 0) is 18.1 Å². The van der Waals surface area contributed by atoms with Gasteiger partial charge in [-0.1, -0.05) is 18.2 Å². The predicted octanol–water partition coefficient (Wildman–Crippen LogP) is 0.633. The van der Waals surface area contributed by atoms with Crippen LogP contribution in [0.5, 0.6) is 0 Å². The summed E-state index contributed by atoms with van der Waals surface area (Å²) in [4.78, 5) is 26.5. The van der Waals surface area contributed by atoms with Crippen molar-refractivity contribution in [2.45, 2.75) is 25.5 Å². The van der Waals surface area contributed by atoms with Crippen molar-refractivity contribution in [3.05, 3.63) is 46.1 Å². The number of ether oxygens (including phenoxy) is 1. The summed E-state index contributed by atoms with van der Waals surface area (Å²) in [6.45, 7) is 1.60. The highest BCUT2D eigenvalue weighted by Gasteiger charge is 2.32. The maximum atomic E-state index is 12.7. The molecule has 0 saturated heterocycles. The SMILES string of the molecule is Cn1nc2n(c1=O)CCOC2CC(=O)N1CCc2ccccc21. The van der Waals surface area contributed by atoms with Gasteiger partial charge in [0.15, 0.2) is 5.82 Å². The van der Waals surface area contributed by atoms with Crippen LogP contribution in [0.3, 0.4) is 0 Å². The minimum Gasteiger partial charge on any atom is -0.368 e. The molecule has 2 aliphatic rings. The van der Waals surface area contributed by atoms with E-state index in [1.54, 1.807) is 16.5 Å². The van der Waals surface area contributed by atoms with E-state index < -0.39 is 6.10 Å². The van der Waals surface area contributed by atoms with Crippen LogP contribution in [0.1, 0.15) is 23.9 Å². The number of aromatic nitrogens is 3. The Balaban J connectivity index is 1.57.